The van der Waals surface area contributed by atoms with Crippen molar-refractivity contribution in [3.63, 3.8) is 0 Å². The van der Waals surface area contributed by atoms with Gasteiger partial charge in [0, 0.05) is 0 Å². The highest BCUT2D eigenvalue weighted by Gasteiger charge is 2.17. The number of nitrogens with one attached hydrogen (secondary N) is 2. The molecule has 0 unspecified atom stereocenters. The summed E-state index contributed by atoms with van der Waals surface area (Å²) in [4.78, 5) is 11.3. The second-order valence-corrected chi connectivity index (χ2v) is 5.27. The molecule has 0 bridgehead atoms. The minimum atomic E-state index is -0.484. The number of rotatable bonds is 3. The number of aromatic nitrogens is 2. The highest BCUT2D eigenvalue weighted by Crippen LogP contribution is 2.39. The number of nitrogens with zero attached hydrogens (tertiary/aromatic N) is 2. The molecule has 0 atom stereocenters. The van der Waals surface area contributed by atoms with E-state index in [9.17, 15) is 4.79 Å². The lowest BCUT2D eigenvalue weighted by atomic mass is 10.2. The maximum Gasteiger partial charge on any atom is 0.285 e. The monoisotopic (exact) mass is 370 g/mol. The van der Waals surface area contributed by atoms with Gasteiger partial charge < -0.3 is 9.47 Å². The summed E-state index contributed by atoms with van der Waals surface area (Å²) in [6, 6.07) is 3.62. The summed E-state index contributed by atoms with van der Waals surface area (Å²) in [5, 5.41) is 9.85. The van der Waals surface area contributed by atoms with Gasteiger partial charge in [-0.2, -0.15) is 10.2 Å². The number of hydrazone groups is 1. The van der Waals surface area contributed by atoms with Crippen LogP contribution < -0.4 is 20.5 Å². The number of fused-ring (bicyclic) bond motifs is 1. The number of halogens is 2. The minimum absolute atomic E-state index is 0.00554. The smallest absolute Gasteiger partial charge is 0.285 e. The van der Waals surface area contributed by atoms with Gasteiger partial charge in [0.1, 0.15) is 10.7 Å². The molecule has 7 nitrogen and oxygen atoms in total. The molecule has 1 aromatic heterocycles. The first-order chi connectivity index (χ1) is 10.1. The molecule has 2 heterocycles. The van der Waals surface area contributed by atoms with Crippen LogP contribution in [0.1, 0.15) is 5.56 Å². The van der Waals surface area contributed by atoms with Gasteiger partial charge in [-0.3, -0.25) is 10.2 Å². The fourth-order valence-corrected chi connectivity index (χ4v) is 2.41. The predicted octanol–water partition coefficient (Wildman–Crippen LogP) is 2.36. The molecule has 0 spiro atoms. The van der Waals surface area contributed by atoms with Crippen molar-refractivity contribution in [1.82, 2.24) is 10.2 Å². The second kappa shape index (κ2) is 5.74. The van der Waals surface area contributed by atoms with Crippen LogP contribution in [0.2, 0.25) is 5.02 Å². The van der Waals surface area contributed by atoms with Crippen molar-refractivity contribution < 1.29 is 9.47 Å². The Morgan fingerprint density at radius 1 is 1.48 bits per heavy atom. The van der Waals surface area contributed by atoms with Crippen LogP contribution in [0.5, 0.6) is 11.5 Å². The summed E-state index contributed by atoms with van der Waals surface area (Å²) >= 11 is 9.21. The van der Waals surface area contributed by atoms with Crippen LogP contribution in [0.4, 0.5) is 5.69 Å². The van der Waals surface area contributed by atoms with E-state index in [1.54, 1.807) is 12.3 Å². The Balaban J connectivity index is 1.79. The zero-order valence-electron chi connectivity index (χ0n) is 10.4. The summed E-state index contributed by atoms with van der Waals surface area (Å²) in [5.41, 5.74) is 3.27. The van der Waals surface area contributed by atoms with Crippen LogP contribution in [0.15, 0.2) is 32.7 Å². The van der Waals surface area contributed by atoms with E-state index < -0.39 is 5.56 Å². The SMILES string of the molecule is O=c1[nH]ncc(N/N=C\c2cc(Br)c3c(c2)OCO3)c1Cl. The van der Waals surface area contributed by atoms with Crippen molar-refractivity contribution in [2.24, 2.45) is 5.10 Å². The van der Waals surface area contributed by atoms with E-state index in [1.165, 1.54) is 6.20 Å². The summed E-state index contributed by atoms with van der Waals surface area (Å²) in [7, 11) is 0. The molecule has 1 aliphatic rings. The van der Waals surface area contributed by atoms with E-state index in [4.69, 9.17) is 21.1 Å². The Kier molecular flexibility index (Phi) is 3.80. The lowest BCUT2D eigenvalue weighted by Crippen LogP contribution is -2.10. The highest BCUT2D eigenvalue weighted by atomic mass is 79.9. The highest BCUT2D eigenvalue weighted by molar-refractivity contribution is 9.10. The van der Waals surface area contributed by atoms with Crippen LogP contribution >= 0.6 is 27.5 Å². The molecule has 0 saturated heterocycles. The topological polar surface area (TPSA) is 88.6 Å². The van der Waals surface area contributed by atoms with Gasteiger partial charge in [-0.25, -0.2) is 5.10 Å². The fraction of sp³-hybridized carbons (Fsp3) is 0.0833. The van der Waals surface area contributed by atoms with Crippen molar-refractivity contribution in [3.8, 4) is 11.5 Å². The molecule has 0 aliphatic carbocycles. The third-order valence-electron chi connectivity index (χ3n) is 2.64. The molecule has 0 radical (unpaired) electrons. The number of anilines is 1. The van der Waals surface area contributed by atoms with Gasteiger partial charge in [0.2, 0.25) is 6.79 Å². The first-order valence-electron chi connectivity index (χ1n) is 5.76. The molecular formula is C12H8BrClN4O3. The zero-order chi connectivity index (χ0) is 14.8. The van der Waals surface area contributed by atoms with E-state index in [2.05, 4.69) is 36.7 Å². The maximum absolute atomic E-state index is 11.3. The average Bonchev–Trinajstić information content (AvgIpc) is 2.92. The van der Waals surface area contributed by atoms with E-state index >= 15 is 0 Å². The second-order valence-electron chi connectivity index (χ2n) is 4.03. The fourth-order valence-electron chi connectivity index (χ4n) is 1.70. The third-order valence-corrected chi connectivity index (χ3v) is 3.61. The van der Waals surface area contributed by atoms with Crippen molar-refractivity contribution in [2.45, 2.75) is 0 Å². The van der Waals surface area contributed by atoms with Crippen LogP contribution in [-0.2, 0) is 0 Å². The molecule has 0 saturated carbocycles. The molecule has 0 amide bonds. The predicted molar refractivity (Wildman–Crippen MR) is 81.3 cm³/mol. The lowest BCUT2D eigenvalue weighted by molar-refractivity contribution is 0.173. The molecule has 2 aromatic rings. The molecule has 108 valence electrons. The van der Waals surface area contributed by atoms with Gasteiger partial charge in [0.25, 0.3) is 5.56 Å². The van der Waals surface area contributed by atoms with Crippen LogP contribution in [0, 0.1) is 0 Å². The summed E-state index contributed by atoms with van der Waals surface area (Å²) in [6.07, 6.45) is 2.93. The van der Waals surface area contributed by atoms with Gasteiger partial charge >= 0.3 is 0 Å². The van der Waals surface area contributed by atoms with Gasteiger partial charge in [-0.1, -0.05) is 11.6 Å². The number of aromatic amines is 1. The Bertz CT molecular complexity index is 778. The Hall–Kier alpha value is -2.06. The first kappa shape index (κ1) is 13.9. The number of hydrogen-bond donors (Lipinski definition) is 2. The number of ether oxygens (including phenoxy) is 2. The van der Waals surface area contributed by atoms with Crippen molar-refractivity contribution >= 4 is 39.4 Å². The molecule has 2 N–H and O–H groups in total. The van der Waals surface area contributed by atoms with Gasteiger partial charge in [-0.15, -0.1) is 0 Å². The van der Waals surface area contributed by atoms with E-state index in [1.807, 2.05) is 6.07 Å². The Morgan fingerprint density at radius 3 is 3.19 bits per heavy atom. The van der Waals surface area contributed by atoms with Crippen LogP contribution in [0.3, 0.4) is 0 Å². The minimum Gasteiger partial charge on any atom is -0.454 e. The molecule has 1 aliphatic heterocycles. The zero-order valence-corrected chi connectivity index (χ0v) is 12.7. The summed E-state index contributed by atoms with van der Waals surface area (Å²) < 4.78 is 11.4. The van der Waals surface area contributed by atoms with Crippen LogP contribution in [0.25, 0.3) is 0 Å². The van der Waals surface area contributed by atoms with E-state index in [0.29, 0.717) is 17.2 Å². The van der Waals surface area contributed by atoms with Crippen molar-refractivity contribution in [1.29, 1.82) is 0 Å². The molecule has 21 heavy (non-hydrogen) atoms. The number of H-pyrrole nitrogens is 1. The lowest BCUT2D eigenvalue weighted by Gasteiger charge is -2.02. The van der Waals surface area contributed by atoms with E-state index in [-0.39, 0.29) is 11.8 Å². The Labute approximate surface area is 132 Å². The molecule has 0 fully saturated rings. The van der Waals surface area contributed by atoms with Crippen molar-refractivity contribution in [3.05, 3.63) is 43.7 Å². The first-order valence-corrected chi connectivity index (χ1v) is 6.93. The maximum atomic E-state index is 11.3. The van der Waals surface area contributed by atoms with E-state index in [0.717, 1.165) is 10.0 Å². The summed E-state index contributed by atoms with van der Waals surface area (Å²) in [5.74, 6) is 1.31. The van der Waals surface area contributed by atoms with Crippen LogP contribution in [-0.4, -0.2) is 23.2 Å². The molecule has 9 heteroatoms. The Morgan fingerprint density at radius 2 is 2.33 bits per heavy atom. The molecule has 1 aromatic carbocycles. The normalized spacial score (nSPS) is 12.9. The van der Waals surface area contributed by atoms with Crippen molar-refractivity contribution in [2.75, 3.05) is 12.2 Å². The van der Waals surface area contributed by atoms with Gasteiger partial charge in [-0.05, 0) is 33.6 Å². The third kappa shape index (κ3) is 2.86. The number of benzene rings is 1. The molecule has 3 rings (SSSR count). The van der Waals surface area contributed by atoms with Gasteiger partial charge in [0.05, 0.1) is 16.9 Å². The summed E-state index contributed by atoms with van der Waals surface area (Å²) in [6.45, 7) is 0.195. The van der Waals surface area contributed by atoms with Gasteiger partial charge in [0.15, 0.2) is 11.5 Å². The largest absolute Gasteiger partial charge is 0.454 e. The molecular weight excluding hydrogens is 364 g/mol. The average molecular weight is 372 g/mol. The number of hydrogen-bond acceptors (Lipinski definition) is 6. The standard InChI is InChI=1S/C12H8BrClN4O3/c13-7-1-6(2-9-11(7)21-5-20-9)3-15-17-8-4-16-18-12(19)10(8)14/h1-4H,5H2,(H2,17,18,19)/b15-3-. The quantitative estimate of drug-likeness (QED) is 0.639.